The van der Waals surface area contributed by atoms with Crippen LogP contribution in [0, 0.1) is 5.41 Å². The summed E-state index contributed by atoms with van der Waals surface area (Å²) in [5, 5.41) is 2.80. The molecule has 3 amide bonds. The number of amides is 3. The molecule has 1 atom stereocenters. The first-order chi connectivity index (χ1) is 12.1. The molecule has 3 aliphatic heterocycles. The first-order valence-electron chi connectivity index (χ1n) is 9.20. The lowest BCUT2D eigenvalue weighted by Crippen LogP contribution is -2.47. The first-order valence-corrected chi connectivity index (χ1v) is 9.20. The average Bonchev–Trinajstić information content (AvgIpc) is 3.20. The van der Waals surface area contributed by atoms with Crippen LogP contribution in [-0.2, 0) is 0 Å². The largest absolute Gasteiger partial charge is 0.338 e. The summed E-state index contributed by atoms with van der Waals surface area (Å²) < 4.78 is 0. The number of nitrogens with one attached hydrogen (secondary N) is 1. The molecule has 0 radical (unpaired) electrons. The van der Waals surface area contributed by atoms with E-state index in [-0.39, 0.29) is 17.4 Å². The number of nitrogens with zero attached hydrogens (tertiary/aromatic N) is 3. The number of hydrogen-bond donors (Lipinski definition) is 1. The van der Waals surface area contributed by atoms with Crippen molar-refractivity contribution in [3.05, 3.63) is 29.8 Å². The molecule has 3 heterocycles. The number of piperidine rings is 1. The molecular weight excluding hydrogens is 316 g/mol. The Morgan fingerprint density at radius 1 is 1.16 bits per heavy atom. The molecule has 6 nitrogen and oxygen atoms in total. The van der Waals surface area contributed by atoms with Crippen molar-refractivity contribution in [1.29, 1.82) is 0 Å². The Morgan fingerprint density at radius 2 is 2.04 bits per heavy atom. The van der Waals surface area contributed by atoms with Crippen LogP contribution >= 0.6 is 0 Å². The van der Waals surface area contributed by atoms with Gasteiger partial charge in [0.15, 0.2) is 0 Å². The summed E-state index contributed by atoms with van der Waals surface area (Å²) >= 11 is 0. The predicted molar refractivity (Wildman–Crippen MR) is 96.9 cm³/mol. The van der Waals surface area contributed by atoms with Gasteiger partial charge >= 0.3 is 6.03 Å². The van der Waals surface area contributed by atoms with Crippen LogP contribution in [0.2, 0.25) is 0 Å². The topological polar surface area (TPSA) is 55.9 Å². The monoisotopic (exact) mass is 342 g/mol. The van der Waals surface area contributed by atoms with Gasteiger partial charge in [-0.15, -0.1) is 0 Å². The van der Waals surface area contributed by atoms with Crippen molar-refractivity contribution >= 4 is 17.6 Å². The number of carbonyl (C=O) groups is 2. The minimum Gasteiger partial charge on any atom is -0.338 e. The molecular formula is C19H26N4O2. The van der Waals surface area contributed by atoms with Crippen LogP contribution in [-0.4, -0.2) is 68.1 Å². The van der Waals surface area contributed by atoms with Gasteiger partial charge in [0, 0.05) is 49.4 Å². The van der Waals surface area contributed by atoms with Gasteiger partial charge in [0.1, 0.15) is 0 Å². The van der Waals surface area contributed by atoms with E-state index in [0.717, 1.165) is 38.3 Å². The van der Waals surface area contributed by atoms with E-state index < -0.39 is 0 Å². The summed E-state index contributed by atoms with van der Waals surface area (Å²) in [5.74, 6) is 0.0927. The molecule has 134 valence electrons. The maximum atomic E-state index is 13.1. The van der Waals surface area contributed by atoms with Crippen molar-refractivity contribution in [3.8, 4) is 0 Å². The highest BCUT2D eigenvalue weighted by Gasteiger charge is 2.41. The Morgan fingerprint density at radius 3 is 2.76 bits per heavy atom. The Kier molecular flexibility index (Phi) is 4.15. The molecule has 0 aromatic heterocycles. The molecule has 1 spiro atoms. The first kappa shape index (κ1) is 16.4. The zero-order valence-corrected chi connectivity index (χ0v) is 14.8. The minimum atomic E-state index is -0.0875. The lowest BCUT2D eigenvalue weighted by atomic mass is 9.79. The summed E-state index contributed by atoms with van der Waals surface area (Å²) in [7, 11) is 2.17. The molecule has 6 heteroatoms. The van der Waals surface area contributed by atoms with Crippen molar-refractivity contribution in [2.45, 2.75) is 19.3 Å². The second kappa shape index (κ2) is 6.33. The van der Waals surface area contributed by atoms with Gasteiger partial charge in [-0.25, -0.2) is 4.79 Å². The highest BCUT2D eigenvalue weighted by atomic mass is 16.2. The minimum absolute atomic E-state index is 0.0875. The van der Waals surface area contributed by atoms with Crippen LogP contribution in [0.3, 0.4) is 0 Å². The van der Waals surface area contributed by atoms with Crippen LogP contribution in [0.5, 0.6) is 0 Å². The van der Waals surface area contributed by atoms with E-state index in [1.54, 1.807) is 4.90 Å². The second-order valence-corrected chi connectivity index (χ2v) is 7.75. The summed E-state index contributed by atoms with van der Waals surface area (Å²) in [6.45, 7) is 5.20. The van der Waals surface area contributed by atoms with Crippen LogP contribution in [0.1, 0.15) is 29.6 Å². The van der Waals surface area contributed by atoms with Crippen molar-refractivity contribution < 1.29 is 9.59 Å². The highest BCUT2D eigenvalue weighted by Crippen LogP contribution is 2.38. The normalized spacial score (nSPS) is 27.2. The number of hydrogen-bond acceptors (Lipinski definition) is 3. The van der Waals surface area contributed by atoms with Crippen LogP contribution in [0.25, 0.3) is 0 Å². The van der Waals surface area contributed by atoms with Gasteiger partial charge in [0.05, 0.1) is 0 Å². The zero-order chi connectivity index (χ0) is 17.4. The van der Waals surface area contributed by atoms with Gasteiger partial charge in [-0.05, 0) is 51.1 Å². The Balaban J connectivity index is 1.52. The molecule has 1 aromatic rings. The Labute approximate surface area is 148 Å². The number of rotatable bonds is 2. The molecule has 1 N–H and O–H groups in total. The molecule has 4 rings (SSSR count). The maximum Gasteiger partial charge on any atom is 0.321 e. The SMILES string of the molecule is CN1CC[C@]2(CCCN(C(=O)c3cccc(N4CCNC4=O)c3)C2)C1. The maximum absolute atomic E-state index is 13.1. The van der Waals surface area contributed by atoms with E-state index in [1.165, 1.54) is 12.8 Å². The van der Waals surface area contributed by atoms with Crippen LogP contribution in [0.15, 0.2) is 24.3 Å². The van der Waals surface area contributed by atoms with Crippen molar-refractivity contribution in [2.75, 3.05) is 51.2 Å². The van der Waals surface area contributed by atoms with Gasteiger partial charge < -0.3 is 15.1 Å². The van der Waals surface area contributed by atoms with Crippen molar-refractivity contribution in [1.82, 2.24) is 15.1 Å². The molecule has 3 fully saturated rings. The summed E-state index contributed by atoms with van der Waals surface area (Å²) in [5.41, 5.74) is 1.75. The fourth-order valence-corrected chi connectivity index (χ4v) is 4.58. The molecule has 0 unspecified atom stereocenters. The Bertz CT molecular complexity index is 688. The standard InChI is InChI=1S/C19H26N4O2/c1-21-10-7-19(13-21)6-3-9-22(14-19)17(24)15-4-2-5-16(12-15)23-11-8-20-18(23)25/h2,4-5,12H,3,6-11,13-14H2,1H3,(H,20,25)/t19-/m1/s1. The Hall–Kier alpha value is -2.08. The van der Waals surface area contributed by atoms with Gasteiger partial charge in [-0.1, -0.05) is 6.07 Å². The van der Waals surface area contributed by atoms with E-state index in [2.05, 4.69) is 17.3 Å². The summed E-state index contributed by atoms with van der Waals surface area (Å²) in [6, 6.07) is 7.40. The highest BCUT2D eigenvalue weighted by molar-refractivity contribution is 5.98. The summed E-state index contributed by atoms with van der Waals surface area (Å²) in [4.78, 5) is 31.0. The van der Waals surface area contributed by atoms with Crippen LogP contribution < -0.4 is 10.2 Å². The van der Waals surface area contributed by atoms with Gasteiger partial charge in [-0.3, -0.25) is 9.69 Å². The van der Waals surface area contributed by atoms with E-state index in [0.29, 0.717) is 18.7 Å². The quantitative estimate of drug-likeness (QED) is 0.891. The average molecular weight is 342 g/mol. The third-order valence-electron chi connectivity index (χ3n) is 5.84. The molecule has 3 saturated heterocycles. The third kappa shape index (κ3) is 3.11. The fourth-order valence-electron chi connectivity index (χ4n) is 4.58. The number of urea groups is 1. The molecule has 0 bridgehead atoms. The van der Waals surface area contributed by atoms with Crippen molar-refractivity contribution in [3.63, 3.8) is 0 Å². The third-order valence-corrected chi connectivity index (χ3v) is 5.84. The molecule has 1 aromatic carbocycles. The zero-order valence-electron chi connectivity index (χ0n) is 14.8. The molecule has 3 aliphatic rings. The van der Waals surface area contributed by atoms with Gasteiger partial charge in [0.25, 0.3) is 5.91 Å². The summed E-state index contributed by atoms with van der Waals surface area (Å²) in [6.07, 6.45) is 3.48. The predicted octanol–water partition coefficient (Wildman–Crippen LogP) is 1.77. The molecule has 25 heavy (non-hydrogen) atoms. The smallest absolute Gasteiger partial charge is 0.321 e. The van der Waals surface area contributed by atoms with E-state index in [4.69, 9.17) is 0 Å². The van der Waals surface area contributed by atoms with Gasteiger partial charge in [-0.2, -0.15) is 0 Å². The lowest BCUT2D eigenvalue weighted by molar-refractivity contribution is 0.0534. The number of likely N-dealkylation sites (tertiary alicyclic amines) is 2. The van der Waals surface area contributed by atoms with E-state index in [1.807, 2.05) is 29.2 Å². The lowest BCUT2D eigenvalue weighted by Gasteiger charge is -2.40. The fraction of sp³-hybridized carbons (Fsp3) is 0.579. The van der Waals surface area contributed by atoms with Crippen molar-refractivity contribution in [2.24, 2.45) is 5.41 Å². The molecule has 0 aliphatic carbocycles. The van der Waals surface area contributed by atoms with Gasteiger partial charge in [0.2, 0.25) is 0 Å². The number of benzene rings is 1. The second-order valence-electron chi connectivity index (χ2n) is 7.75. The molecule has 0 saturated carbocycles. The number of carbonyl (C=O) groups excluding carboxylic acids is 2. The van der Waals surface area contributed by atoms with Crippen LogP contribution in [0.4, 0.5) is 10.5 Å². The number of anilines is 1. The van der Waals surface area contributed by atoms with E-state index in [9.17, 15) is 9.59 Å². The van der Waals surface area contributed by atoms with E-state index >= 15 is 0 Å².